The molecule has 6 N–H and O–H groups in total. The number of benzene rings is 1. The van der Waals surface area contributed by atoms with Gasteiger partial charge in [-0.1, -0.05) is 49.1 Å². The molecular formula is C20H32B2N2O5. The van der Waals surface area contributed by atoms with Crippen LogP contribution in [0, 0.1) is 0 Å². The second-order valence-electron chi connectivity index (χ2n) is 6.57. The van der Waals surface area contributed by atoms with Gasteiger partial charge in [0.1, 0.15) is 0 Å². The molecule has 0 spiro atoms. The van der Waals surface area contributed by atoms with Crippen molar-refractivity contribution in [1.29, 1.82) is 0 Å². The van der Waals surface area contributed by atoms with Crippen LogP contribution in [0.1, 0.15) is 18.9 Å². The molecule has 0 atom stereocenters. The quantitative estimate of drug-likeness (QED) is 0.134. The molecule has 0 radical (unpaired) electrons. The first-order valence-electron chi connectivity index (χ1n) is 9.75. The third kappa shape index (κ3) is 10.6. The van der Waals surface area contributed by atoms with E-state index in [0.717, 1.165) is 24.1 Å². The van der Waals surface area contributed by atoms with Crippen LogP contribution in [0.3, 0.4) is 0 Å². The highest BCUT2D eigenvalue weighted by Crippen LogP contribution is 2.06. The van der Waals surface area contributed by atoms with Gasteiger partial charge >= 0.3 is 14.2 Å². The molecule has 1 rings (SSSR count). The van der Waals surface area contributed by atoms with Crippen molar-refractivity contribution < 1.29 is 24.8 Å². The molecular weight excluding hydrogens is 370 g/mol. The molecule has 0 aliphatic rings. The second-order valence-corrected chi connectivity index (χ2v) is 6.57. The van der Waals surface area contributed by atoms with E-state index in [9.17, 15) is 20.1 Å². The molecule has 0 heterocycles. The monoisotopic (exact) mass is 402 g/mol. The lowest BCUT2D eigenvalue weighted by molar-refractivity contribution is 0.134. The van der Waals surface area contributed by atoms with Crippen LogP contribution in [0.15, 0.2) is 60.1 Å². The minimum atomic E-state index is -1.47. The largest absolute Gasteiger partial charge is 0.488 e. The molecule has 9 heteroatoms. The van der Waals surface area contributed by atoms with Gasteiger partial charge in [-0.2, -0.15) is 0 Å². The highest BCUT2D eigenvalue weighted by Gasteiger charge is 2.14. The van der Waals surface area contributed by atoms with Gasteiger partial charge in [-0.25, -0.2) is 0 Å². The molecule has 158 valence electrons. The fourth-order valence-corrected chi connectivity index (χ4v) is 2.62. The normalized spacial score (nSPS) is 12.2. The Kier molecular flexibility index (Phi) is 13.3. The van der Waals surface area contributed by atoms with Crippen LogP contribution >= 0.6 is 0 Å². The molecule has 0 aromatic heterocycles. The van der Waals surface area contributed by atoms with Crippen molar-refractivity contribution in [2.45, 2.75) is 19.9 Å². The molecule has 0 aliphatic heterocycles. The predicted octanol–water partition coefficient (Wildman–Crippen LogP) is -0.477. The molecule has 0 aliphatic carbocycles. The number of rotatable bonds is 15. The molecule has 7 nitrogen and oxygen atoms in total. The summed E-state index contributed by atoms with van der Waals surface area (Å²) in [6, 6.07) is 7.22. The van der Waals surface area contributed by atoms with Crippen molar-refractivity contribution >= 4 is 19.7 Å². The van der Waals surface area contributed by atoms with Crippen molar-refractivity contribution in [2.75, 3.05) is 32.8 Å². The van der Waals surface area contributed by atoms with E-state index in [1.54, 1.807) is 37.3 Å². The average Bonchev–Trinajstić information content (AvgIpc) is 2.71. The van der Waals surface area contributed by atoms with Crippen LogP contribution in [-0.2, 0) is 11.3 Å². The van der Waals surface area contributed by atoms with Gasteiger partial charge in [-0.3, -0.25) is 0 Å². The molecule has 0 saturated carbocycles. The van der Waals surface area contributed by atoms with Crippen molar-refractivity contribution in [3.05, 3.63) is 65.7 Å². The fraction of sp³-hybridized carbons (Fsp3) is 0.400. The summed E-state index contributed by atoms with van der Waals surface area (Å²) in [4.78, 5) is 0. The Bertz CT molecular complexity index is 666. The lowest BCUT2D eigenvalue weighted by Crippen LogP contribution is -2.34. The summed E-state index contributed by atoms with van der Waals surface area (Å²) < 4.78 is 5.59. The summed E-state index contributed by atoms with van der Waals surface area (Å²) >= 11 is 0. The Balaban J connectivity index is 2.15. The number of ether oxygens (including phenoxy) is 1. The third-order valence-corrected chi connectivity index (χ3v) is 4.36. The summed E-state index contributed by atoms with van der Waals surface area (Å²) in [6.07, 6.45) is 6.03. The van der Waals surface area contributed by atoms with Gasteiger partial charge in [0, 0.05) is 26.2 Å². The maximum atomic E-state index is 9.35. The van der Waals surface area contributed by atoms with Gasteiger partial charge in [0.25, 0.3) is 0 Å². The lowest BCUT2D eigenvalue weighted by Gasteiger charge is -2.11. The smallest absolute Gasteiger partial charge is 0.423 e. The summed E-state index contributed by atoms with van der Waals surface area (Å²) in [6.45, 7) is 8.95. The number of allylic oxidation sites excluding steroid dienone is 3. The van der Waals surface area contributed by atoms with Gasteiger partial charge in [-0.15, -0.1) is 0 Å². The second kappa shape index (κ2) is 15.2. The SMILES string of the molecule is C=C/C=C\C(CNCCOCCCNCc1ccccc1B(O)O)=C(/C)B(O)O. The first-order valence-corrected chi connectivity index (χ1v) is 9.75. The summed E-state index contributed by atoms with van der Waals surface area (Å²) in [5.41, 5.74) is 2.68. The number of nitrogens with one attached hydrogen (secondary N) is 2. The molecule has 29 heavy (non-hydrogen) atoms. The molecule has 1 aromatic carbocycles. The van der Waals surface area contributed by atoms with Crippen LogP contribution in [0.4, 0.5) is 0 Å². The molecule has 0 bridgehead atoms. The topological polar surface area (TPSA) is 114 Å². The summed E-state index contributed by atoms with van der Waals surface area (Å²) in [5.74, 6) is 0. The van der Waals surface area contributed by atoms with Crippen molar-refractivity contribution in [3.8, 4) is 0 Å². The number of hydrogen-bond donors (Lipinski definition) is 6. The van der Waals surface area contributed by atoms with E-state index in [1.807, 2.05) is 12.1 Å². The first kappa shape index (κ1) is 25.3. The lowest BCUT2D eigenvalue weighted by atomic mass is 9.77. The van der Waals surface area contributed by atoms with Crippen molar-refractivity contribution in [2.24, 2.45) is 0 Å². The zero-order valence-corrected chi connectivity index (χ0v) is 17.1. The van der Waals surface area contributed by atoms with Crippen LogP contribution in [0.25, 0.3) is 0 Å². The van der Waals surface area contributed by atoms with Crippen molar-refractivity contribution in [1.82, 2.24) is 10.6 Å². The zero-order valence-electron chi connectivity index (χ0n) is 17.1. The third-order valence-electron chi connectivity index (χ3n) is 4.36. The highest BCUT2D eigenvalue weighted by atomic mass is 16.5. The van der Waals surface area contributed by atoms with Crippen molar-refractivity contribution in [3.63, 3.8) is 0 Å². The molecule has 0 amide bonds. The minimum absolute atomic E-state index is 0.498. The van der Waals surface area contributed by atoms with Gasteiger partial charge in [-0.05, 0) is 42.0 Å². The van der Waals surface area contributed by atoms with E-state index in [-0.39, 0.29) is 0 Å². The Morgan fingerprint density at radius 2 is 1.86 bits per heavy atom. The van der Waals surface area contributed by atoms with Crippen LogP contribution in [0.5, 0.6) is 0 Å². The van der Waals surface area contributed by atoms with E-state index in [2.05, 4.69) is 17.2 Å². The van der Waals surface area contributed by atoms with Crippen LogP contribution in [0.2, 0.25) is 0 Å². The summed E-state index contributed by atoms with van der Waals surface area (Å²) in [7, 11) is -2.94. The predicted molar refractivity (Wildman–Crippen MR) is 119 cm³/mol. The first-order chi connectivity index (χ1) is 14.0. The van der Waals surface area contributed by atoms with E-state index < -0.39 is 14.2 Å². The van der Waals surface area contributed by atoms with Gasteiger partial charge in [0.2, 0.25) is 0 Å². The Morgan fingerprint density at radius 3 is 2.55 bits per heavy atom. The highest BCUT2D eigenvalue weighted by molar-refractivity contribution is 6.59. The van der Waals surface area contributed by atoms with E-state index in [0.29, 0.717) is 43.8 Å². The van der Waals surface area contributed by atoms with E-state index >= 15 is 0 Å². The summed E-state index contributed by atoms with van der Waals surface area (Å²) in [5, 5.41) is 43.8. The maximum Gasteiger partial charge on any atom is 0.488 e. The zero-order chi connectivity index (χ0) is 21.5. The molecule has 1 aromatic rings. The Hall–Kier alpha value is -1.71. The molecule has 0 saturated heterocycles. The van der Waals surface area contributed by atoms with Gasteiger partial charge in [0.05, 0.1) is 6.61 Å². The molecule has 0 fully saturated rings. The average molecular weight is 402 g/mol. The van der Waals surface area contributed by atoms with Gasteiger partial charge < -0.3 is 35.5 Å². The number of hydrogen-bond acceptors (Lipinski definition) is 7. The fourth-order valence-electron chi connectivity index (χ4n) is 2.62. The maximum absolute atomic E-state index is 9.35. The Morgan fingerprint density at radius 1 is 1.10 bits per heavy atom. The van der Waals surface area contributed by atoms with Crippen LogP contribution in [-0.4, -0.2) is 67.2 Å². The minimum Gasteiger partial charge on any atom is -0.423 e. The van der Waals surface area contributed by atoms with E-state index in [4.69, 9.17) is 4.74 Å². The van der Waals surface area contributed by atoms with Gasteiger partial charge in [0.15, 0.2) is 0 Å². The Labute approximate surface area is 174 Å². The van der Waals surface area contributed by atoms with E-state index in [1.165, 1.54) is 0 Å². The van der Waals surface area contributed by atoms with Crippen LogP contribution < -0.4 is 16.1 Å². The molecule has 0 unspecified atom stereocenters. The standard InChI is InChI=1S/C20H32B2N2O5/c1-3-4-8-18(17(2)21(25)26)15-24-12-14-29-13-7-11-23-16-19-9-5-6-10-20(19)22(27)28/h3-6,8-10,23-28H,1,7,11-16H2,2H3/b8-4-,18-17-.